The number of nitrogens with zero attached hydrogens (tertiary/aromatic N) is 3. The summed E-state index contributed by atoms with van der Waals surface area (Å²) in [5.74, 6) is 0.968. The van der Waals surface area contributed by atoms with E-state index in [9.17, 15) is 5.11 Å². The standard InChI is InChI=1S/C25H31N5O/c1-18-14-20(6-7-24(18)31)8-10-27-25-28-11-9-23(29-25)22-5-3-4-21(15-22)17-30-13-12-26-16-19(30)2/h3-7,9,11,14-15,19,26,31H,8,10,12-13,16-17H2,1-2H3,(H,27,28,29)/t19-/m0/s1. The summed E-state index contributed by atoms with van der Waals surface area (Å²) in [6.07, 6.45) is 2.65. The molecule has 2 heterocycles. The van der Waals surface area contributed by atoms with Crippen molar-refractivity contribution in [1.29, 1.82) is 0 Å². The number of piperazine rings is 1. The monoisotopic (exact) mass is 417 g/mol. The summed E-state index contributed by atoms with van der Waals surface area (Å²) in [4.78, 5) is 11.6. The zero-order chi connectivity index (χ0) is 21.6. The van der Waals surface area contributed by atoms with Crippen molar-refractivity contribution in [1.82, 2.24) is 20.2 Å². The molecule has 0 amide bonds. The molecule has 1 aliphatic rings. The van der Waals surface area contributed by atoms with Crippen LogP contribution in [-0.2, 0) is 13.0 Å². The van der Waals surface area contributed by atoms with Gasteiger partial charge in [0.25, 0.3) is 0 Å². The quantitative estimate of drug-likeness (QED) is 0.545. The van der Waals surface area contributed by atoms with Crippen molar-refractivity contribution < 1.29 is 5.11 Å². The third kappa shape index (κ3) is 5.60. The summed E-state index contributed by atoms with van der Waals surface area (Å²) in [7, 11) is 0. The van der Waals surface area contributed by atoms with Gasteiger partial charge < -0.3 is 15.7 Å². The molecule has 6 nitrogen and oxygen atoms in total. The van der Waals surface area contributed by atoms with Gasteiger partial charge in [-0.1, -0.05) is 30.3 Å². The normalized spacial score (nSPS) is 16.9. The molecule has 1 atom stereocenters. The molecule has 1 fully saturated rings. The number of hydrogen-bond acceptors (Lipinski definition) is 6. The second kappa shape index (κ2) is 9.90. The largest absolute Gasteiger partial charge is 0.508 e. The molecule has 0 radical (unpaired) electrons. The smallest absolute Gasteiger partial charge is 0.223 e. The third-order valence-corrected chi connectivity index (χ3v) is 5.86. The number of anilines is 1. The van der Waals surface area contributed by atoms with Crippen molar-refractivity contribution in [3.63, 3.8) is 0 Å². The molecule has 4 rings (SSSR count). The minimum absolute atomic E-state index is 0.335. The van der Waals surface area contributed by atoms with E-state index in [-0.39, 0.29) is 0 Å². The number of phenolic OH excluding ortho intramolecular Hbond substituents is 1. The summed E-state index contributed by atoms with van der Waals surface area (Å²) in [5.41, 5.74) is 5.41. The summed E-state index contributed by atoms with van der Waals surface area (Å²) in [6, 6.07) is 16.9. The van der Waals surface area contributed by atoms with Crippen LogP contribution < -0.4 is 10.6 Å². The van der Waals surface area contributed by atoms with Crippen molar-refractivity contribution in [3.05, 3.63) is 71.4 Å². The van der Waals surface area contributed by atoms with Gasteiger partial charge in [0.15, 0.2) is 0 Å². The van der Waals surface area contributed by atoms with Gasteiger partial charge in [0, 0.05) is 50.5 Å². The zero-order valence-electron chi connectivity index (χ0n) is 18.3. The molecular formula is C25H31N5O. The Morgan fingerprint density at radius 2 is 2.06 bits per heavy atom. The van der Waals surface area contributed by atoms with Crippen LogP contribution in [0.1, 0.15) is 23.6 Å². The highest BCUT2D eigenvalue weighted by Gasteiger charge is 2.17. The highest BCUT2D eigenvalue weighted by atomic mass is 16.3. The molecule has 6 heteroatoms. The van der Waals surface area contributed by atoms with E-state index >= 15 is 0 Å². The molecule has 2 aromatic carbocycles. The second-order valence-corrected chi connectivity index (χ2v) is 8.29. The Morgan fingerprint density at radius 1 is 1.16 bits per heavy atom. The van der Waals surface area contributed by atoms with Crippen molar-refractivity contribution in [2.45, 2.75) is 32.9 Å². The number of hydrogen-bond donors (Lipinski definition) is 3. The third-order valence-electron chi connectivity index (χ3n) is 5.86. The summed E-state index contributed by atoms with van der Waals surface area (Å²) in [6.45, 7) is 9.05. The summed E-state index contributed by atoms with van der Waals surface area (Å²) < 4.78 is 0. The van der Waals surface area contributed by atoms with E-state index in [2.05, 4.69) is 51.7 Å². The Hall–Kier alpha value is -2.96. The maximum atomic E-state index is 9.67. The summed E-state index contributed by atoms with van der Waals surface area (Å²) in [5, 5.41) is 16.4. The zero-order valence-corrected chi connectivity index (χ0v) is 18.3. The fourth-order valence-electron chi connectivity index (χ4n) is 3.98. The molecule has 1 aliphatic heterocycles. The molecule has 162 valence electrons. The minimum Gasteiger partial charge on any atom is -0.508 e. The van der Waals surface area contributed by atoms with E-state index in [1.165, 1.54) is 11.1 Å². The van der Waals surface area contributed by atoms with Gasteiger partial charge in [-0.05, 0) is 55.2 Å². The van der Waals surface area contributed by atoms with Crippen LogP contribution in [0.2, 0.25) is 0 Å². The van der Waals surface area contributed by atoms with Crippen LogP contribution in [-0.4, -0.2) is 52.2 Å². The Kier molecular flexibility index (Phi) is 6.79. The molecule has 3 N–H and O–H groups in total. The molecule has 1 saturated heterocycles. The molecule has 0 bridgehead atoms. The van der Waals surface area contributed by atoms with E-state index in [1.807, 2.05) is 25.1 Å². The van der Waals surface area contributed by atoms with Gasteiger partial charge in [0.2, 0.25) is 5.95 Å². The van der Waals surface area contributed by atoms with E-state index in [0.717, 1.165) is 56.0 Å². The van der Waals surface area contributed by atoms with Crippen LogP contribution in [0.15, 0.2) is 54.7 Å². The van der Waals surface area contributed by atoms with Crippen LogP contribution >= 0.6 is 0 Å². The lowest BCUT2D eigenvalue weighted by Crippen LogP contribution is -2.49. The molecule has 1 aromatic heterocycles. The molecule has 0 unspecified atom stereocenters. The number of aromatic nitrogens is 2. The number of phenols is 1. The maximum Gasteiger partial charge on any atom is 0.223 e. The first-order chi connectivity index (χ1) is 15.1. The average Bonchev–Trinajstić information content (AvgIpc) is 2.78. The summed E-state index contributed by atoms with van der Waals surface area (Å²) >= 11 is 0. The highest BCUT2D eigenvalue weighted by Crippen LogP contribution is 2.21. The van der Waals surface area contributed by atoms with Crippen molar-refractivity contribution in [3.8, 4) is 17.0 Å². The van der Waals surface area contributed by atoms with Crippen molar-refractivity contribution in [2.24, 2.45) is 0 Å². The number of benzene rings is 2. The van der Waals surface area contributed by atoms with Crippen LogP contribution in [0.25, 0.3) is 11.3 Å². The van der Waals surface area contributed by atoms with Gasteiger partial charge in [-0.15, -0.1) is 0 Å². The fraction of sp³-hybridized carbons (Fsp3) is 0.360. The van der Waals surface area contributed by atoms with Crippen molar-refractivity contribution in [2.75, 3.05) is 31.5 Å². The molecular weight excluding hydrogens is 386 g/mol. The van der Waals surface area contributed by atoms with E-state index in [0.29, 0.717) is 17.7 Å². The minimum atomic E-state index is 0.335. The Balaban J connectivity index is 1.40. The van der Waals surface area contributed by atoms with Crippen LogP contribution in [0.4, 0.5) is 5.95 Å². The Labute approximate surface area is 184 Å². The highest BCUT2D eigenvalue weighted by molar-refractivity contribution is 5.61. The van der Waals surface area contributed by atoms with E-state index in [1.54, 1.807) is 12.3 Å². The van der Waals surface area contributed by atoms with E-state index < -0.39 is 0 Å². The lowest BCUT2D eigenvalue weighted by Gasteiger charge is -2.33. The maximum absolute atomic E-state index is 9.67. The predicted molar refractivity (Wildman–Crippen MR) is 125 cm³/mol. The van der Waals surface area contributed by atoms with Crippen molar-refractivity contribution >= 4 is 5.95 Å². The lowest BCUT2D eigenvalue weighted by atomic mass is 10.1. The van der Waals surface area contributed by atoms with Gasteiger partial charge in [-0.2, -0.15) is 0 Å². The molecule has 0 saturated carbocycles. The first-order valence-electron chi connectivity index (χ1n) is 11.0. The van der Waals surface area contributed by atoms with Gasteiger partial charge in [0.05, 0.1) is 5.69 Å². The van der Waals surface area contributed by atoms with Gasteiger partial charge in [0.1, 0.15) is 5.75 Å². The molecule has 31 heavy (non-hydrogen) atoms. The molecule has 0 aliphatic carbocycles. The number of nitrogens with one attached hydrogen (secondary N) is 2. The van der Waals surface area contributed by atoms with Gasteiger partial charge in [-0.3, -0.25) is 4.90 Å². The average molecular weight is 418 g/mol. The first-order valence-corrected chi connectivity index (χ1v) is 11.0. The lowest BCUT2D eigenvalue weighted by molar-refractivity contribution is 0.165. The first kappa shape index (κ1) is 21.3. The van der Waals surface area contributed by atoms with Gasteiger partial charge in [-0.25, -0.2) is 9.97 Å². The van der Waals surface area contributed by atoms with Crippen LogP contribution in [0, 0.1) is 6.92 Å². The van der Waals surface area contributed by atoms with E-state index in [4.69, 9.17) is 4.98 Å². The van der Waals surface area contributed by atoms with Crippen LogP contribution in [0.5, 0.6) is 5.75 Å². The second-order valence-electron chi connectivity index (χ2n) is 8.29. The number of aryl methyl sites for hydroxylation is 1. The van der Waals surface area contributed by atoms with Crippen LogP contribution in [0.3, 0.4) is 0 Å². The SMILES string of the molecule is Cc1cc(CCNc2nccc(-c3cccc(CN4CCNC[C@@H]4C)c3)n2)ccc1O. The fourth-order valence-corrected chi connectivity index (χ4v) is 3.98. The Bertz CT molecular complexity index is 1020. The Morgan fingerprint density at radius 3 is 2.90 bits per heavy atom. The topological polar surface area (TPSA) is 73.3 Å². The number of aromatic hydroxyl groups is 1. The number of rotatable bonds is 7. The molecule has 0 spiro atoms. The molecule has 3 aromatic rings. The van der Waals surface area contributed by atoms with Gasteiger partial charge >= 0.3 is 0 Å². The predicted octanol–water partition coefficient (Wildman–Crippen LogP) is 3.61.